The average molecular weight is 646 g/mol. The van der Waals surface area contributed by atoms with E-state index in [2.05, 4.69) is 33.9 Å². The Bertz CT molecular complexity index is 1290. The smallest absolute Gasteiger partial charge is 0.414 e. The molecular formula is C35H55NO8Si. The van der Waals surface area contributed by atoms with Crippen molar-refractivity contribution < 1.29 is 38.1 Å². The Kier molecular flexibility index (Phi) is 11.1. The van der Waals surface area contributed by atoms with Crippen molar-refractivity contribution in [2.45, 2.75) is 137 Å². The van der Waals surface area contributed by atoms with E-state index in [-0.39, 0.29) is 11.0 Å². The molecule has 0 aliphatic carbocycles. The molecule has 1 aromatic rings. The standard InChI is InChI=1S/C35H55NO8Si/c1-14-36(32(39)43-33(4,5)6)25-20-24-16-15-17-27-30(42-35(10,11)41-27)26(37)19-18-22(2)23(3)40-31(38)29(24)28(21-25)44-45(12,13)34(7,8)9/h15-16,18-23,26-27,30,37H,14,17H2,1-13H3/b16-15?,19-18-/t22-,23?,26-,27?,30-/m1/s1. The summed E-state index contributed by atoms with van der Waals surface area (Å²) in [5.74, 6) is -1.23. The van der Waals surface area contributed by atoms with Crippen molar-refractivity contribution in [3.63, 3.8) is 0 Å². The zero-order chi connectivity index (χ0) is 34.1. The minimum atomic E-state index is -2.47. The molecular weight excluding hydrogens is 590 g/mol. The maximum absolute atomic E-state index is 14.0. The summed E-state index contributed by atoms with van der Waals surface area (Å²) in [6.45, 7) is 25.7. The van der Waals surface area contributed by atoms with Gasteiger partial charge in [-0.1, -0.05) is 52.0 Å². The van der Waals surface area contributed by atoms with Crippen LogP contribution in [0.4, 0.5) is 10.5 Å². The topological polar surface area (TPSA) is 104 Å². The number of esters is 1. The number of anilines is 1. The summed E-state index contributed by atoms with van der Waals surface area (Å²) >= 11 is 0. The SMILES string of the molecule is CCN(C(=O)OC(C)(C)C)c1cc2c(c(O[Si](C)(C)C(C)(C)C)c1)C(=O)OC(C)[C@H](C)/C=C\[C@@H](O)[C@H]1OC(C)(C)OC1CC=C2. The van der Waals surface area contributed by atoms with E-state index in [1.165, 1.54) is 4.90 Å². The molecule has 1 aromatic carbocycles. The van der Waals surface area contributed by atoms with Gasteiger partial charge in [0.25, 0.3) is 8.32 Å². The third-order valence-electron chi connectivity index (χ3n) is 8.60. The second-order valence-corrected chi connectivity index (χ2v) is 19.8. The lowest BCUT2D eigenvalue weighted by atomic mass is 9.98. The summed E-state index contributed by atoms with van der Waals surface area (Å²) in [6, 6.07) is 3.54. The number of carbonyl (C=O) groups is 2. The summed E-state index contributed by atoms with van der Waals surface area (Å²) in [4.78, 5) is 28.9. The number of aliphatic hydroxyl groups is 1. The van der Waals surface area contributed by atoms with Crippen LogP contribution >= 0.6 is 0 Å². The zero-order valence-electron chi connectivity index (χ0n) is 29.5. The highest BCUT2D eigenvalue weighted by molar-refractivity contribution is 6.74. The molecule has 0 radical (unpaired) electrons. The maximum Gasteiger partial charge on any atom is 0.414 e. The lowest BCUT2D eigenvalue weighted by Gasteiger charge is -2.37. The monoisotopic (exact) mass is 645 g/mol. The molecule has 1 saturated heterocycles. The van der Waals surface area contributed by atoms with Gasteiger partial charge in [0.15, 0.2) is 5.79 Å². The van der Waals surface area contributed by atoms with E-state index < -0.39 is 56.2 Å². The molecule has 3 rings (SSSR count). The van der Waals surface area contributed by atoms with Crippen LogP contribution in [-0.4, -0.2) is 67.8 Å². The lowest BCUT2D eigenvalue weighted by Crippen LogP contribution is -2.44. The Morgan fingerprint density at radius 1 is 1.09 bits per heavy atom. The number of fused-ring (bicyclic) bond motifs is 2. The second-order valence-electron chi connectivity index (χ2n) is 15.1. The normalized spacial score (nSPS) is 26.6. The minimum absolute atomic E-state index is 0.165. The highest BCUT2D eigenvalue weighted by Gasteiger charge is 2.44. The van der Waals surface area contributed by atoms with Crippen LogP contribution in [0.15, 0.2) is 30.4 Å². The number of rotatable bonds is 4. The number of cyclic esters (lactones) is 1. The second kappa shape index (κ2) is 13.6. The molecule has 45 heavy (non-hydrogen) atoms. The molecule has 2 unspecified atom stereocenters. The first-order valence-electron chi connectivity index (χ1n) is 16.0. The quantitative estimate of drug-likeness (QED) is 0.201. The fourth-order valence-electron chi connectivity index (χ4n) is 4.92. The predicted molar refractivity (Wildman–Crippen MR) is 180 cm³/mol. The molecule has 0 aromatic heterocycles. The molecule has 1 fully saturated rings. The van der Waals surface area contributed by atoms with Gasteiger partial charge in [0.1, 0.15) is 35.2 Å². The van der Waals surface area contributed by atoms with Crippen molar-refractivity contribution in [2.75, 3.05) is 11.4 Å². The van der Waals surface area contributed by atoms with E-state index >= 15 is 0 Å². The van der Waals surface area contributed by atoms with E-state index in [4.69, 9.17) is 23.4 Å². The average Bonchev–Trinajstić information content (AvgIpc) is 3.19. The largest absolute Gasteiger partial charge is 0.543 e. The third-order valence-corrected chi connectivity index (χ3v) is 12.9. The van der Waals surface area contributed by atoms with Crippen LogP contribution in [0.5, 0.6) is 5.75 Å². The van der Waals surface area contributed by atoms with E-state index in [0.29, 0.717) is 35.5 Å². The van der Waals surface area contributed by atoms with Gasteiger partial charge >= 0.3 is 12.1 Å². The number of amides is 1. The van der Waals surface area contributed by atoms with Gasteiger partial charge in [-0.2, -0.15) is 0 Å². The first-order chi connectivity index (χ1) is 20.5. The van der Waals surface area contributed by atoms with Gasteiger partial charge in [0.2, 0.25) is 0 Å². The maximum atomic E-state index is 14.0. The van der Waals surface area contributed by atoms with Crippen molar-refractivity contribution in [3.05, 3.63) is 41.5 Å². The van der Waals surface area contributed by atoms with Crippen molar-refractivity contribution in [3.8, 4) is 5.75 Å². The Morgan fingerprint density at radius 2 is 1.73 bits per heavy atom. The summed E-state index contributed by atoms with van der Waals surface area (Å²) in [5.41, 5.74) is 0.677. The van der Waals surface area contributed by atoms with Crippen LogP contribution in [0.1, 0.15) is 98.5 Å². The Labute approximate surface area is 271 Å². The number of hydrogen-bond donors (Lipinski definition) is 1. The van der Waals surface area contributed by atoms with Crippen molar-refractivity contribution in [1.82, 2.24) is 0 Å². The van der Waals surface area contributed by atoms with Crippen LogP contribution in [-0.2, 0) is 18.9 Å². The van der Waals surface area contributed by atoms with Gasteiger partial charge in [-0.3, -0.25) is 4.90 Å². The summed E-state index contributed by atoms with van der Waals surface area (Å²) < 4.78 is 30.9. The molecule has 2 aliphatic rings. The van der Waals surface area contributed by atoms with Crippen LogP contribution in [0.3, 0.4) is 0 Å². The molecule has 0 bridgehead atoms. The molecule has 1 amide bonds. The van der Waals surface area contributed by atoms with E-state index in [1.54, 1.807) is 18.2 Å². The number of benzene rings is 1. The van der Waals surface area contributed by atoms with Crippen molar-refractivity contribution in [2.24, 2.45) is 5.92 Å². The fourth-order valence-corrected chi connectivity index (χ4v) is 5.94. The summed E-state index contributed by atoms with van der Waals surface area (Å²) in [5, 5.41) is 10.9. The molecule has 9 nitrogen and oxygen atoms in total. The van der Waals surface area contributed by atoms with Crippen molar-refractivity contribution in [1.29, 1.82) is 0 Å². The summed E-state index contributed by atoms with van der Waals surface area (Å²) in [6.07, 6.45) is 4.73. The van der Waals surface area contributed by atoms with Crippen LogP contribution < -0.4 is 9.33 Å². The van der Waals surface area contributed by atoms with E-state index in [9.17, 15) is 14.7 Å². The van der Waals surface area contributed by atoms with Crippen LogP contribution in [0, 0.1) is 5.92 Å². The fraction of sp³-hybridized carbons (Fsp3) is 0.657. The molecule has 2 heterocycles. The van der Waals surface area contributed by atoms with E-state index in [0.717, 1.165) is 0 Å². The molecule has 0 spiro atoms. The number of hydrogen-bond acceptors (Lipinski definition) is 8. The van der Waals surface area contributed by atoms with Gasteiger partial charge in [-0.25, -0.2) is 9.59 Å². The van der Waals surface area contributed by atoms with Crippen LogP contribution in [0.2, 0.25) is 18.1 Å². The molecule has 0 saturated carbocycles. The first-order valence-corrected chi connectivity index (χ1v) is 18.9. The summed E-state index contributed by atoms with van der Waals surface area (Å²) in [7, 11) is -2.47. The Balaban J connectivity index is 2.26. The third kappa shape index (κ3) is 9.21. The molecule has 252 valence electrons. The lowest BCUT2D eigenvalue weighted by molar-refractivity contribution is -0.152. The van der Waals surface area contributed by atoms with Crippen LogP contribution in [0.25, 0.3) is 6.08 Å². The van der Waals surface area contributed by atoms with Gasteiger partial charge in [0.05, 0.1) is 11.8 Å². The molecule has 2 aliphatic heterocycles. The Morgan fingerprint density at radius 3 is 2.31 bits per heavy atom. The Hall–Kier alpha value is -2.66. The van der Waals surface area contributed by atoms with Gasteiger partial charge in [-0.05, 0) is 84.6 Å². The predicted octanol–water partition coefficient (Wildman–Crippen LogP) is 7.87. The number of aliphatic hydroxyl groups excluding tert-OH is 1. The highest BCUT2D eigenvalue weighted by atomic mass is 28.4. The molecule has 5 atom stereocenters. The van der Waals surface area contributed by atoms with Gasteiger partial charge in [0, 0.05) is 18.5 Å². The minimum Gasteiger partial charge on any atom is -0.543 e. The number of carbonyl (C=O) groups excluding carboxylic acids is 2. The molecule has 10 heteroatoms. The van der Waals surface area contributed by atoms with Gasteiger partial charge < -0.3 is 28.5 Å². The number of ether oxygens (including phenoxy) is 4. The van der Waals surface area contributed by atoms with Crippen molar-refractivity contribution >= 4 is 32.1 Å². The first kappa shape index (κ1) is 36.8. The number of nitrogens with zero attached hydrogens (tertiary/aromatic N) is 1. The zero-order valence-corrected chi connectivity index (χ0v) is 30.5. The highest BCUT2D eigenvalue weighted by Crippen LogP contribution is 2.41. The molecule has 1 N–H and O–H groups in total. The van der Waals surface area contributed by atoms with E-state index in [1.807, 2.05) is 73.6 Å². The van der Waals surface area contributed by atoms with Gasteiger partial charge in [-0.15, -0.1) is 0 Å².